The van der Waals surface area contributed by atoms with Gasteiger partial charge in [-0.25, -0.2) is 19.1 Å². The molecule has 0 spiro atoms. The van der Waals surface area contributed by atoms with E-state index in [-0.39, 0.29) is 9.22 Å². The van der Waals surface area contributed by atoms with E-state index >= 15 is 0 Å². The van der Waals surface area contributed by atoms with Gasteiger partial charge in [-0.05, 0) is 61.3 Å². The number of aryl methyl sites for hydroxylation is 2. The predicted octanol–water partition coefficient (Wildman–Crippen LogP) is 1.79. The first-order chi connectivity index (χ1) is 12.6. The first-order valence-electron chi connectivity index (χ1n) is 8.65. The Hall–Kier alpha value is -1.85. The Bertz CT molecular complexity index is 1060. The summed E-state index contributed by atoms with van der Waals surface area (Å²) < 4.78 is 16.5. The van der Waals surface area contributed by atoms with Gasteiger partial charge in [-0.3, -0.25) is 5.73 Å². The molecular weight excluding hydrogens is 386 g/mol. The summed E-state index contributed by atoms with van der Waals surface area (Å²) in [7, 11) is -3.49. The number of aromatic nitrogens is 1. The van der Waals surface area contributed by atoms with Crippen molar-refractivity contribution in [3.8, 4) is 0 Å². The number of hydrogen-bond acceptors (Lipinski definition) is 6. The minimum Gasteiger partial charge on any atom is -0.370 e. The number of anilines is 1. The first kappa shape index (κ1) is 18.5. The van der Waals surface area contributed by atoms with E-state index in [1.165, 1.54) is 24.2 Å². The lowest BCUT2D eigenvalue weighted by Gasteiger charge is -2.25. The number of urea groups is 1. The highest BCUT2D eigenvalue weighted by Gasteiger charge is 2.27. The highest BCUT2D eigenvalue weighted by molar-refractivity contribution is 7.93. The molecule has 1 aromatic carbocycles. The molecule has 2 atom stereocenters. The van der Waals surface area contributed by atoms with Crippen molar-refractivity contribution in [2.24, 2.45) is 15.2 Å². The van der Waals surface area contributed by atoms with Crippen molar-refractivity contribution in [3.63, 3.8) is 0 Å². The Labute approximate surface area is 161 Å². The molecule has 1 heterocycles. The van der Waals surface area contributed by atoms with Gasteiger partial charge < -0.3 is 10.4 Å². The lowest BCUT2D eigenvalue weighted by Crippen LogP contribution is -2.31. The molecule has 1 aromatic heterocycles. The van der Waals surface area contributed by atoms with Crippen LogP contribution in [0.3, 0.4) is 0 Å². The zero-order valence-electron chi connectivity index (χ0n) is 14.8. The average molecular weight is 408 g/mol. The van der Waals surface area contributed by atoms with E-state index in [0.717, 1.165) is 60.3 Å². The third-order valence-corrected chi connectivity index (χ3v) is 8.00. The molecule has 27 heavy (non-hydrogen) atoms. The van der Waals surface area contributed by atoms with Gasteiger partial charge in [-0.2, -0.15) is 0 Å². The third kappa shape index (κ3) is 3.39. The number of thiazole rings is 1. The topological polar surface area (TPSA) is 144 Å². The largest absolute Gasteiger partial charge is 0.370 e. The maximum atomic E-state index is 12.7. The number of hydrogen-bond donors (Lipinski definition) is 4. The van der Waals surface area contributed by atoms with Gasteiger partial charge >= 0.3 is 6.03 Å². The molecule has 2 aliphatic carbocycles. The van der Waals surface area contributed by atoms with E-state index < -0.39 is 21.7 Å². The van der Waals surface area contributed by atoms with Crippen LogP contribution in [0.15, 0.2) is 20.8 Å². The second-order valence-corrected chi connectivity index (χ2v) is 10.2. The molecule has 0 radical (unpaired) electrons. The van der Waals surface area contributed by atoms with Gasteiger partial charge in [-0.15, -0.1) is 15.7 Å². The van der Waals surface area contributed by atoms with Crippen molar-refractivity contribution in [2.75, 3.05) is 5.32 Å². The van der Waals surface area contributed by atoms with E-state index in [9.17, 15) is 14.1 Å². The van der Waals surface area contributed by atoms with Crippen LogP contribution in [0.25, 0.3) is 0 Å². The lowest BCUT2D eigenvalue weighted by atomic mass is 9.83. The minimum absolute atomic E-state index is 0.0877. The summed E-state index contributed by atoms with van der Waals surface area (Å²) >= 11 is 0.872. The number of rotatable bonds is 3. The van der Waals surface area contributed by atoms with E-state index in [1.54, 1.807) is 0 Å². The van der Waals surface area contributed by atoms with Gasteiger partial charge in [0.15, 0.2) is 15.6 Å². The van der Waals surface area contributed by atoms with Crippen molar-refractivity contribution >= 4 is 33.0 Å². The third-order valence-electron chi connectivity index (χ3n) is 4.90. The van der Waals surface area contributed by atoms with E-state index in [4.69, 9.17) is 10.9 Å². The normalized spacial score (nSPS) is 19.3. The van der Waals surface area contributed by atoms with Gasteiger partial charge in [0.2, 0.25) is 0 Å². The van der Waals surface area contributed by atoms with Gasteiger partial charge in [0, 0.05) is 5.69 Å². The molecule has 10 heteroatoms. The van der Waals surface area contributed by atoms with Crippen LogP contribution in [0.1, 0.15) is 40.6 Å². The number of benzene rings is 1. The molecule has 8 nitrogen and oxygen atoms in total. The highest BCUT2D eigenvalue weighted by atomic mass is 32.2. The Kier molecular flexibility index (Phi) is 4.35. The first-order valence-corrected chi connectivity index (χ1v) is 11.0. The molecule has 2 aliphatic rings. The summed E-state index contributed by atoms with van der Waals surface area (Å²) in [5, 5.41) is 18.5. The number of nitrogens with zero attached hydrogens (tertiary/aromatic N) is 2. The Morgan fingerprint density at radius 3 is 2.67 bits per heavy atom. The van der Waals surface area contributed by atoms with E-state index in [0.29, 0.717) is 0 Å². The van der Waals surface area contributed by atoms with Crippen LogP contribution >= 0.6 is 11.3 Å². The Morgan fingerprint density at radius 1 is 1.33 bits per heavy atom. The molecule has 4 rings (SSSR count). The van der Waals surface area contributed by atoms with Crippen LogP contribution in [0.2, 0.25) is 0 Å². The van der Waals surface area contributed by atoms with Gasteiger partial charge in [-0.1, -0.05) is 6.07 Å². The Balaban J connectivity index is 1.63. The van der Waals surface area contributed by atoms with Crippen LogP contribution < -0.4 is 16.2 Å². The standard InChI is InChI=1S/C17H21N5O3S2/c1-17(18,24)15-20-8-13(26-15)27(19,25)22-16(23)21-14-11-4-2-3-9(11)7-10-5-6-12(10)14/h7-8,24H,2-6,18H2,1H3,(H3,19,21,22,23,25). The highest BCUT2D eigenvalue weighted by Crippen LogP contribution is 2.39. The molecule has 0 fully saturated rings. The summed E-state index contributed by atoms with van der Waals surface area (Å²) in [6.45, 7) is 1.35. The van der Waals surface area contributed by atoms with E-state index in [1.807, 2.05) is 0 Å². The van der Waals surface area contributed by atoms with Crippen molar-refractivity contribution in [1.82, 2.24) is 4.98 Å². The molecule has 2 amide bonds. The van der Waals surface area contributed by atoms with Crippen LogP contribution in [0, 0.1) is 0 Å². The number of carbonyl (C=O) groups excluding carboxylic acids is 1. The monoisotopic (exact) mass is 407 g/mol. The number of amides is 2. The number of nitrogens with two attached hydrogens (primary N) is 2. The summed E-state index contributed by atoms with van der Waals surface area (Å²) in [6, 6.07) is 1.49. The maximum Gasteiger partial charge on any atom is 0.354 e. The van der Waals surface area contributed by atoms with Crippen molar-refractivity contribution < 1.29 is 14.1 Å². The molecule has 2 aromatic rings. The molecule has 0 saturated carbocycles. The molecule has 0 saturated heterocycles. The molecule has 2 unspecified atom stereocenters. The van der Waals surface area contributed by atoms with Crippen LogP contribution in [-0.2, 0) is 41.3 Å². The SMILES string of the molecule is CC(N)(O)c1ncc(S(N)(=O)=NC(=O)Nc2c3c(cc4c2CC4)CCC3)s1. The second kappa shape index (κ2) is 6.35. The van der Waals surface area contributed by atoms with Crippen molar-refractivity contribution in [2.45, 2.75) is 49.0 Å². The molecular formula is C17H21N5O3S2. The van der Waals surface area contributed by atoms with Crippen molar-refractivity contribution in [1.29, 1.82) is 0 Å². The summed E-state index contributed by atoms with van der Waals surface area (Å²) in [4.78, 5) is 16.4. The summed E-state index contributed by atoms with van der Waals surface area (Å²) in [6.07, 6.45) is 6.15. The van der Waals surface area contributed by atoms with Crippen LogP contribution in [-0.4, -0.2) is 20.3 Å². The summed E-state index contributed by atoms with van der Waals surface area (Å²) in [5.74, 6) is 0. The van der Waals surface area contributed by atoms with Gasteiger partial charge in [0.1, 0.15) is 9.22 Å². The lowest BCUT2D eigenvalue weighted by molar-refractivity contribution is 0.0644. The zero-order valence-corrected chi connectivity index (χ0v) is 16.5. The Morgan fingerprint density at radius 2 is 2.04 bits per heavy atom. The quantitative estimate of drug-likeness (QED) is 0.573. The van der Waals surface area contributed by atoms with Crippen LogP contribution in [0.4, 0.5) is 10.5 Å². The fourth-order valence-corrected chi connectivity index (χ4v) is 5.54. The number of fused-ring (bicyclic) bond motifs is 2. The zero-order chi connectivity index (χ0) is 19.4. The second-order valence-electron chi connectivity index (χ2n) is 7.10. The fourth-order valence-electron chi connectivity index (χ4n) is 3.52. The predicted molar refractivity (Wildman–Crippen MR) is 104 cm³/mol. The molecule has 0 bridgehead atoms. The smallest absolute Gasteiger partial charge is 0.354 e. The maximum absolute atomic E-state index is 12.7. The minimum atomic E-state index is -3.49. The molecule has 6 N–H and O–H groups in total. The summed E-state index contributed by atoms with van der Waals surface area (Å²) in [5.41, 5.74) is 9.53. The fraction of sp³-hybridized carbons (Fsp3) is 0.412. The average Bonchev–Trinajstić information content (AvgIpc) is 3.18. The molecule has 144 valence electrons. The molecule has 0 aliphatic heterocycles. The van der Waals surface area contributed by atoms with Gasteiger partial charge in [0.05, 0.1) is 6.20 Å². The van der Waals surface area contributed by atoms with E-state index in [2.05, 4.69) is 20.7 Å². The number of nitrogens with one attached hydrogen (secondary N) is 1. The number of aliphatic hydroxyl groups is 1. The van der Waals surface area contributed by atoms with Crippen molar-refractivity contribution in [3.05, 3.63) is 39.5 Å². The number of carbonyl (C=O) groups is 1. The van der Waals surface area contributed by atoms with Gasteiger partial charge in [0.25, 0.3) is 0 Å². The van der Waals surface area contributed by atoms with Crippen LogP contribution in [0.5, 0.6) is 0 Å².